The van der Waals surface area contributed by atoms with Crippen molar-refractivity contribution in [1.82, 2.24) is 50.4 Å². The number of fused-ring (bicyclic) bond motifs is 2. The average molecular weight is 1000 g/mol. The van der Waals surface area contributed by atoms with Gasteiger partial charge in [0.05, 0.1) is 11.4 Å². The number of nitrogens with one attached hydrogen (secondary N) is 4. The molecular weight excluding hydrogens is 965 g/mol. The number of benzene rings is 2. The smallest absolute Gasteiger partial charge is 0.504 e. The number of nitrogens with zero attached hydrogens (tertiary/aromatic N) is 7. The summed E-state index contributed by atoms with van der Waals surface area (Å²) >= 11 is 3.30. The van der Waals surface area contributed by atoms with Crippen LogP contribution < -0.4 is 26.6 Å². The molecule has 5 heterocycles. The van der Waals surface area contributed by atoms with Crippen molar-refractivity contribution in [2.45, 2.75) is 54.3 Å². The number of aromatic hydroxyl groups is 4. The van der Waals surface area contributed by atoms with Crippen LogP contribution in [0, 0.1) is 6.92 Å². The molecular formula is C37H36N12O14S4. The Morgan fingerprint density at radius 2 is 1.72 bits per heavy atom. The Kier molecular flexibility index (Phi) is 13.4. The van der Waals surface area contributed by atoms with E-state index in [2.05, 4.69) is 46.1 Å². The average Bonchev–Trinajstić information content (AvgIpc) is 3.90. The van der Waals surface area contributed by atoms with E-state index < -0.39 is 85.5 Å². The number of carbonyl (C=O) groups excluding carboxylic acids is 4. The van der Waals surface area contributed by atoms with E-state index in [-0.39, 0.29) is 56.8 Å². The lowest BCUT2D eigenvalue weighted by Crippen LogP contribution is -2.70. The van der Waals surface area contributed by atoms with Crippen LogP contribution in [0.1, 0.15) is 41.4 Å². The molecule has 2 aliphatic rings. The number of phenolic OH excluding ortho intramolecular Hbond substituents is 4. The Hall–Kier alpha value is -7.41. The van der Waals surface area contributed by atoms with Crippen LogP contribution in [0.2, 0.25) is 0 Å². The number of amides is 4. The maximum absolute atomic E-state index is 13.8. The van der Waals surface area contributed by atoms with E-state index >= 15 is 0 Å². The lowest BCUT2D eigenvalue weighted by Gasteiger charge is -2.49. The first-order chi connectivity index (χ1) is 31.6. The first-order valence-corrected chi connectivity index (χ1v) is 23.4. The number of anilines is 1. The number of phenols is 4. The number of thioether (sulfide) groups is 2. The van der Waals surface area contributed by atoms with Gasteiger partial charge in [0.2, 0.25) is 21.5 Å². The van der Waals surface area contributed by atoms with Gasteiger partial charge in [-0.05, 0) is 57.2 Å². The van der Waals surface area contributed by atoms with Gasteiger partial charge in [0, 0.05) is 39.8 Å². The minimum atomic E-state index is -4.17. The quantitative estimate of drug-likeness (QED) is 0.0132. The zero-order valence-corrected chi connectivity index (χ0v) is 37.9. The molecule has 2 atom stereocenters. The normalized spacial score (nSPS) is 16.3. The first-order valence-electron chi connectivity index (χ1n) is 19.0. The van der Waals surface area contributed by atoms with E-state index in [1.165, 1.54) is 41.6 Å². The minimum Gasteiger partial charge on any atom is -0.504 e. The SMILES string of the molecule is Cc1cc(SCC2=C(OC(=O)O)N3C(=O)[C@@H](NC(=O)/C(=N\OC(C)(C)C(=O)NNC(=O)c4ccc(O)c(O)c4)c4csc(N)n4)[C@H]3SC2)n2nc(CNS(=O)(=O)c3ccc(O)c(O)c3)nc2n1. The molecule has 1 saturated heterocycles. The molecule has 0 bridgehead atoms. The number of carbonyl (C=O) groups is 5. The minimum absolute atomic E-state index is 0.0273. The highest BCUT2D eigenvalue weighted by molar-refractivity contribution is 8.01. The Morgan fingerprint density at radius 1 is 1.00 bits per heavy atom. The molecule has 1 fully saturated rings. The number of nitrogens with two attached hydrogens (primary N) is 1. The van der Waals surface area contributed by atoms with Gasteiger partial charge in [-0.25, -0.2) is 27.9 Å². The molecule has 0 spiro atoms. The molecule has 5 aromatic rings. The molecule has 0 aliphatic carbocycles. The molecule has 2 aliphatic heterocycles. The molecule has 30 heteroatoms. The van der Waals surface area contributed by atoms with Crippen molar-refractivity contribution >= 4 is 91.3 Å². The number of sulfonamides is 1. The Balaban J connectivity index is 1.03. The highest BCUT2D eigenvalue weighted by atomic mass is 32.2. The largest absolute Gasteiger partial charge is 0.512 e. The van der Waals surface area contributed by atoms with Gasteiger partial charge in [-0.3, -0.25) is 34.9 Å². The van der Waals surface area contributed by atoms with Crippen molar-refractivity contribution in [2.24, 2.45) is 5.16 Å². The zero-order valence-electron chi connectivity index (χ0n) is 34.6. The first kappa shape index (κ1) is 47.5. The Labute approximate surface area is 389 Å². The summed E-state index contributed by atoms with van der Waals surface area (Å²) in [6.07, 6.45) is -1.71. The number of hydrogen-bond donors (Lipinski definition) is 10. The molecule has 0 unspecified atom stereocenters. The van der Waals surface area contributed by atoms with Gasteiger partial charge in [0.25, 0.3) is 29.4 Å². The van der Waals surface area contributed by atoms with Crippen molar-refractivity contribution in [3.05, 3.63) is 82.1 Å². The molecule has 3 aromatic heterocycles. The van der Waals surface area contributed by atoms with E-state index in [4.69, 9.17) is 15.3 Å². The standard InChI is InChI=1S/C37H36N12O14S4/c1-15-8-25(49-35(40-15)42-24(46-49)11-39-67(60,61)18-5-7-21(51)23(53)10-18)64-12-17-13-65-32-27(30(56)48(32)31(17)62-36(58)59)43-29(55)26(19-14-66-34(38)41-19)47-63-37(2,3)33(57)45-44-28(54)16-4-6-20(50)22(52)9-16/h4-10,14,27,32,39,50-53H,11-13H2,1-3H3,(H2,38,41)(H,43,55)(H,44,54)(H,45,57)(H,58,59)/b47-26-/t27-,32-/m1/s1. The molecule has 7 rings (SSSR count). The van der Waals surface area contributed by atoms with E-state index in [0.717, 1.165) is 58.3 Å². The lowest BCUT2D eigenvalue weighted by molar-refractivity contribution is -0.148. The number of thiazole rings is 1. The molecule has 11 N–H and O–H groups in total. The fourth-order valence-electron chi connectivity index (χ4n) is 5.97. The van der Waals surface area contributed by atoms with E-state index in [0.29, 0.717) is 16.3 Å². The van der Waals surface area contributed by atoms with Crippen LogP contribution >= 0.6 is 34.9 Å². The van der Waals surface area contributed by atoms with Crippen molar-refractivity contribution in [3.63, 3.8) is 0 Å². The topological polar surface area (TPSA) is 385 Å². The number of nitrogen functional groups attached to an aromatic ring is 1. The van der Waals surface area contributed by atoms with Gasteiger partial charge in [-0.2, -0.15) is 9.50 Å². The fourth-order valence-corrected chi connectivity index (χ4v) is 10.0. The number of β-lactam (4-membered cyclic amide) rings is 1. The van der Waals surface area contributed by atoms with Gasteiger partial charge in [-0.1, -0.05) is 5.16 Å². The lowest BCUT2D eigenvalue weighted by atomic mass is 10.1. The highest BCUT2D eigenvalue weighted by Crippen LogP contribution is 2.42. The molecule has 67 heavy (non-hydrogen) atoms. The maximum Gasteiger partial charge on any atom is 0.512 e. The van der Waals surface area contributed by atoms with Crippen LogP contribution in [0.4, 0.5) is 9.93 Å². The van der Waals surface area contributed by atoms with Crippen LogP contribution in [0.3, 0.4) is 0 Å². The number of hydrogen-bond acceptors (Lipinski definition) is 22. The van der Waals surface area contributed by atoms with Crippen molar-refractivity contribution in [1.29, 1.82) is 0 Å². The summed E-state index contributed by atoms with van der Waals surface area (Å²) in [5.41, 5.74) is 8.43. The van der Waals surface area contributed by atoms with Crippen LogP contribution in [0.5, 0.6) is 23.0 Å². The third-order valence-electron chi connectivity index (χ3n) is 9.41. The second kappa shape index (κ2) is 18.8. The second-order valence-electron chi connectivity index (χ2n) is 14.6. The van der Waals surface area contributed by atoms with Gasteiger partial charge in [-0.15, -0.1) is 40.0 Å². The molecule has 352 valence electrons. The molecule has 0 radical (unpaired) electrons. The van der Waals surface area contributed by atoms with Crippen LogP contribution in [-0.4, -0.2) is 127 Å². The third kappa shape index (κ3) is 10.4. The Morgan fingerprint density at radius 3 is 2.39 bits per heavy atom. The molecule has 4 amide bonds. The van der Waals surface area contributed by atoms with E-state index in [1.54, 1.807) is 13.0 Å². The van der Waals surface area contributed by atoms with E-state index in [9.17, 15) is 57.9 Å². The zero-order chi connectivity index (χ0) is 48.5. The van der Waals surface area contributed by atoms with E-state index in [1.807, 2.05) is 0 Å². The Bertz CT molecular complexity index is 3030. The van der Waals surface area contributed by atoms with Crippen molar-refractivity contribution in [2.75, 3.05) is 17.2 Å². The van der Waals surface area contributed by atoms with Gasteiger partial charge < -0.3 is 46.2 Å². The third-order valence-corrected chi connectivity index (χ3v) is 13.9. The monoisotopic (exact) mass is 1000 g/mol. The summed E-state index contributed by atoms with van der Waals surface area (Å²) in [5, 5.41) is 60.0. The highest BCUT2D eigenvalue weighted by Gasteiger charge is 2.54. The number of hydrazine groups is 1. The van der Waals surface area contributed by atoms with Crippen LogP contribution in [-0.2, 0) is 40.5 Å². The van der Waals surface area contributed by atoms with Crippen molar-refractivity contribution in [3.8, 4) is 23.0 Å². The second-order valence-corrected chi connectivity index (χ2v) is 19.4. The fraction of sp³-hybridized carbons (Fsp3) is 0.243. The molecule has 26 nitrogen and oxygen atoms in total. The van der Waals surface area contributed by atoms with Crippen molar-refractivity contribution < 1.29 is 67.5 Å². The van der Waals surface area contributed by atoms with Gasteiger partial charge >= 0.3 is 6.16 Å². The number of rotatable bonds is 15. The number of aromatic nitrogens is 5. The van der Waals surface area contributed by atoms with Gasteiger partial charge in [0.1, 0.15) is 22.1 Å². The summed E-state index contributed by atoms with van der Waals surface area (Å²) < 4.78 is 34.5. The van der Waals surface area contributed by atoms with Crippen LogP contribution in [0.15, 0.2) is 74.4 Å². The number of aryl methyl sites for hydroxylation is 1. The summed E-state index contributed by atoms with van der Waals surface area (Å²) in [6, 6.07) is 6.65. The predicted molar refractivity (Wildman–Crippen MR) is 235 cm³/mol. The maximum atomic E-state index is 13.8. The van der Waals surface area contributed by atoms with Crippen LogP contribution in [0.25, 0.3) is 5.78 Å². The number of oxime groups is 1. The predicted octanol–water partition coefficient (Wildman–Crippen LogP) is 0.831. The number of ether oxygens (including phenoxy) is 1. The molecule has 2 aromatic carbocycles. The number of carboxylic acid groups (broad SMARTS) is 1. The summed E-state index contributed by atoms with van der Waals surface area (Å²) in [5.74, 6) is -5.64. The molecule has 0 saturated carbocycles. The van der Waals surface area contributed by atoms with Gasteiger partial charge in [0.15, 0.2) is 39.7 Å². The summed E-state index contributed by atoms with van der Waals surface area (Å²) in [6.45, 7) is 3.83. The summed E-state index contributed by atoms with van der Waals surface area (Å²) in [4.78, 5) is 83.9. The summed E-state index contributed by atoms with van der Waals surface area (Å²) in [7, 11) is -4.17.